The van der Waals surface area contributed by atoms with Crippen LogP contribution in [-0.2, 0) is 11.3 Å². The number of aromatic nitrogens is 1. The number of hydrogen-bond acceptors (Lipinski definition) is 5. The number of rotatable bonds is 5. The van der Waals surface area contributed by atoms with Gasteiger partial charge in [-0.3, -0.25) is 4.79 Å². The highest BCUT2D eigenvalue weighted by atomic mass is 35.5. The van der Waals surface area contributed by atoms with Crippen molar-refractivity contribution in [1.82, 2.24) is 10.3 Å². The van der Waals surface area contributed by atoms with Gasteiger partial charge in [0.05, 0.1) is 6.10 Å². The van der Waals surface area contributed by atoms with Crippen molar-refractivity contribution < 1.29 is 9.53 Å². The average molecular weight is 334 g/mol. The van der Waals surface area contributed by atoms with Crippen LogP contribution in [0.4, 0.5) is 0 Å². The Labute approximate surface area is 136 Å². The molecular weight excluding hydrogens is 310 g/mol. The normalized spacial score (nSPS) is 21.9. The van der Waals surface area contributed by atoms with Crippen LogP contribution in [0.3, 0.4) is 0 Å². The van der Waals surface area contributed by atoms with Gasteiger partial charge in [0.2, 0.25) is 0 Å². The maximum atomic E-state index is 12.0. The van der Waals surface area contributed by atoms with Crippen molar-refractivity contribution >= 4 is 29.7 Å². The Morgan fingerprint density at radius 3 is 3.00 bits per heavy atom. The topological polar surface area (TPSA) is 77.2 Å². The molecule has 5 nitrogen and oxygen atoms in total. The number of halogens is 1. The predicted octanol–water partition coefficient (Wildman–Crippen LogP) is 2.20. The van der Waals surface area contributed by atoms with E-state index in [1.165, 1.54) is 11.3 Å². The smallest absolute Gasteiger partial charge is 0.270 e. The average Bonchev–Trinajstić information content (AvgIpc) is 2.94. The molecule has 1 amide bonds. The third kappa shape index (κ3) is 4.92. The van der Waals surface area contributed by atoms with Gasteiger partial charge < -0.3 is 15.8 Å². The zero-order chi connectivity index (χ0) is 14.5. The number of nitrogens with one attached hydrogen (secondary N) is 1. The molecule has 0 saturated carbocycles. The Kier molecular flexibility index (Phi) is 7.59. The van der Waals surface area contributed by atoms with Crippen LogP contribution in [0.5, 0.6) is 0 Å². The molecular formula is C14H24ClN3O2S. The molecule has 1 fully saturated rings. The molecule has 1 saturated heterocycles. The first kappa shape index (κ1) is 18.4. The summed E-state index contributed by atoms with van der Waals surface area (Å²) >= 11 is 1.42. The van der Waals surface area contributed by atoms with Gasteiger partial charge in [-0.2, -0.15) is 0 Å². The Hall–Kier alpha value is -0.690. The summed E-state index contributed by atoms with van der Waals surface area (Å²) in [5.74, 6) is 0.745. The van der Waals surface area contributed by atoms with E-state index < -0.39 is 0 Å². The Morgan fingerprint density at radius 2 is 2.38 bits per heavy atom. The predicted molar refractivity (Wildman–Crippen MR) is 86.9 cm³/mol. The zero-order valence-electron chi connectivity index (χ0n) is 12.5. The highest BCUT2D eigenvalue weighted by Crippen LogP contribution is 2.25. The molecule has 7 heteroatoms. The van der Waals surface area contributed by atoms with E-state index in [0.29, 0.717) is 30.6 Å². The molecule has 0 bridgehead atoms. The van der Waals surface area contributed by atoms with Crippen molar-refractivity contribution in [2.24, 2.45) is 17.6 Å². The molecule has 3 N–H and O–H groups in total. The fraction of sp³-hybridized carbons (Fsp3) is 0.714. The number of carbonyl (C=O) groups excluding carboxylic acids is 1. The molecule has 120 valence electrons. The van der Waals surface area contributed by atoms with Gasteiger partial charge >= 0.3 is 0 Å². The number of nitrogens with two attached hydrogens (primary N) is 1. The van der Waals surface area contributed by atoms with Gasteiger partial charge in [-0.05, 0) is 18.8 Å². The fourth-order valence-electron chi connectivity index (χ4n) is 2.64. The largest absolute Gasteiger partial charge is 0.378 e. The van der Waals surface area contributed by atoms with Gasteiger partial charge in [0.1, 0.15) is 10.7 Å². The zero-order valence-corrected chi connectivity index (χ0v) is 14.1. The summed E-state index contributed by atoms with van der Waals surface area (Å²) in [5, 5.41) is 5.52. The van der Waals surface area contributed by atoms with Gasteiger partial charge in [0.25, 0.3) is 5.91 Å². The van der Waals surface area contributed by atoms with Crippen molar-refractivity contribution in [1.29, 1.82) is 0 Å². The van der Waals surface area contributed by atoms with E-state index in [9.17, 15) is 4.79 Å². The number of hydrogen-bond donors (Lipinski definition) is 2. The quantitative estimate of drug-likeness (QED) is 0.866. The van der Waals surface area contributed by atoms with Crippen LogP contribution in [0.25, 0.3) is 0 Å². The first-order valence-electron chi connectivity index (χ1n) is 7.16. The van der Waals surface area contributed by atoms with Crippen LogP contribution < -0.4 is 11.1 Å². The number of nitrogens with zero attached hydrogens (tertiary/aromatic N) is 1. The van der Waals surface area contributed by atoms with E-state index in [-0.39, 0.29) is 24.4 Å². The number of thiazole rings is 1. The minimum atomic E-state index is -0.117. The van der Waals surface area contributed by atoms with Gasteiger partial charge in [0, 0.05) is 31.0 Å². The first-order valence-corrected chi connectivity index (χ1v) is 8.04. The minimum absolute atomic E-state index is 0. The van der Waals surface area contributed by atoms with Gasteiger partial charge in [0.15, 0.2) is 0 Å². The lowest BCUT2D eigenvalue weighted by molar-refractivity contribution is -0.0510. The highest BCUT2D eigenvalue weighted by Gasteiger charge is 2.28. The molecule has 1 aromatic heterocycles. The first-order chi connectivity index (χ1) is 9.61. The van der Waals surface area contributed by atoms with Crippen molar-refractivity contribution in [2.45, 2.75) is 39.3 Å². The lowest BCUT2D eigenvalue weighted by Crippen LogP contribution is -2.41. The van der Waals surface area contributed by atoms with Crippen molar-refractivity contribution in [2.75, 3.05) is 13.2 Å². The van der Waals surface area contributed by atoms with E-state index in [1.807, 2.05) is 0 Å². The standard InChI is InChI=1S/C14H23N3O2S.ClH/c1-9(2)13-10(4-3-5-19-13)7-16-14(18)11-8-20-12(6-15)17-11;/h8-10,13H,3-7,15H2,1-2H3,(H,16,18);1H. The van der Waals surface area contributed by atoms with E-state index in [4.69, 9.17) is 10.5 Å². The molecule has 1 aromatic rings. The second kappa shape index (κ2) is 8.68. The number of amides is 1. The number of ether oxygens (including phenoxy) is 1. The van der Waals surface area contributed by atoms with Gasteiger partial charge in [-0.15, -0.1) is 23.7 Å². The lowest BCUT2D eigenvalue weighted by atomic mass is 9.87. The van der Waals surface area contributed by atoms with Gasteiger partial charge in [-0.1, -0.05) is 13.8 Å². The molecule has 2 rings (SSSR count). The van der Waals surface area contributed by atoms with E-state index in [2.05, 4.69) is 24.1 Å². The second-order valence-electron chi connectivity index (χ2n) is 5.52. The molecule has 2 heterocycles. The highest BCUT2D eigenvalue weighted by molar-refractivity contribution is 7.09. The monoisotopic (exact) mass is 333 g/mol. The minimum Gasteiger partial charge on any atom is -0.378 e. The Bertz CT molecular complexity index is 453. The summed E-state index contributed by atoms with van der Waals surface area (Å²) in [6.45, 7) is 6.19. The molecule has 1 aliphatic heterocycles. The third-order valence-electron chi connectivity index (χ3n) is 3.64. The summed E-state index contributed by atoms with van der Waals surface area (Å²) in [6, 6.07) is 0. The van der Waals surface area contributed by atoms with Crippen LogP contribution in [-0.4, -0.2) is 30.1 Å². The third-order valence-corrected chi connectivity index (χ3v) is 4.51. The molecule has 1 aliphatic rings. The molecule has 21 heavy (non-hydrogen) atoms. The van der Waals surface area contributed by atoms with Crippen LogP contribution >= 0.6 is 23.7 Å². The maximum absolute atomic E-state index is 12.0. The summed E-state index contributed by atoms with van der Waals surface area (Å²) in [6.07, 6.45) is 2.41. The Balaban J connectivity index is 0.00000220. The summed E-state index contributed by atoms with van der Waals surface area (Å²) in [5.41, 5.74) is 5.97. The molecule has 0 aromatic carbocycles. The van der Waals surface area contributed by atoms with Crippen LogP contribution in [0, 0.1) is 11.8 Å². The lowest BCUT2D eigenvalue weighted by Gasteiger charge is -2.34. The summed E-state index contributed by atoms with van der Waals surface area (Å²) in [7, 11) is 0. The van der Waals surface area contributed by atoms with E-state index in [0.717, 1.165) is 24.5 Å². The molecule has 2 unspecified atom stereocenters. The van der Waals surface area contributed by atoms with Gasteiger partial charge in [-0.25, -0.2) is 4.98 Å². The van der Waals surface area contributed by atoms with E-state index >= 15 is 0 Å². The fourth-order valence-corrected chi connectivity index (χ4v) is 3.30. The molecule has 2 atom stereocenters. The summed E-state index contributed by atoms with van der Waals surface area (Å²) < 4.78 is 5.83. The number of carbonyl (C=O) groups is 1. The van der Waals surface area contributed by atoms with Crippen molar-refractivity contribution in [3.05, 3.63) is 16.1 Å². The van der Waals surface area contributed by atoms with Crippen molar-refractivity contribution in [3.8, 4) is 0 Å². The molecule has 0 aliphatic carbocycles. The van der Waals surface area contributed by atoms with Crippen LogP contribution in [0.2, 0.25) is 0 Å². The van der Waals surface area contributed by atoms with E-state index in [1.54, 1.807) is 5.38 Å². The molecule has 0 radical (unpaired) electrons. The van der Waals surface area contributed by atoms with Crippen LogP contribution in [0.1, 0.15) is 42.2 Å². The Morgan fingerprint density at radius 1 is 1.62 bits per heavy atom. The summed E-state index contributed by atoms with van der Waals surface area (Å²) in [4.78, 5) is 16.2. The maximum Gasteiger partial charge on any atom is 0.270 e. The SMILES string of the molecule is CC(C)C1OCCCC1CNC(=O)c1csc(CN)n1.Cl. The van der Waals surface area contributed by atoms with Crippen molar-refractivity contribution in [3.63, 3.8) is 0 Å². The van der Waals surface area contributed by atoms with Crippen LogP contribution in [0.15, 0.2) is 5.38 Å². The molecule has 0 spiro atoms. The second-order valence-corrected chi connectivity index (χ2v) is 6.47.